The zero-order chi connectivity index (χ0) is 10.4. The highest BCUT2D eigenvalue weighted by Crippen LogP contribution is 2.15. The Morgan fingerprint density at radius 3 is 3.07 bits per heavy atom. The molecule has 0 amide bonds. The number of nitrogens with zero attached hydrogens (tertiary/aromatic N) is 1. The number of methoxy groups -OCH3 is 1. The number of ether oxygens (including phenoxy) is 1. The summed E-state index contributed by atoms with van der Waals surface area (Å²) < 4.78 is 4.83. The molecule has 14 heavy (non-hydrogen) atoms. The molecular formula is C9H16N2O2S. The van der Waals surface area contributed by atoms with Crippen LogP contribution in [0, 0.1) is 0 Å². The highest BCUT2D eigenvalue weighted by molar-refractivity contribution is 7.09. The van der Waals surface area contributed by atoms with E-state index in [1.54, 1.807) is 24.0 Å². The van der Waals surface area contributed by atoms with E-state index in [1.165, 1.54) is 4.88 Å². The molecule has 0 saturated heterocycles. The van der Waals surface area contributed by atoms with Crippen molar-refractivity contribution >= 4 is 11.3 Å². The van der Waals surface area contributed by atoms with Crippen LogP contribution in [0.15, 0.2) is 11.7 Å². The molecule has 1 aromatic heterocycles. The van der Waals surface area contributed by atoms with Gasteiger partial charge in [0.15, 0.2) is 0 Å². The first-order chi connectivity index (χ1) is 6.74. The van der Waals surface area contributed by atoms with E-state index < -0.39 is 6.10 Å². The highest BCUT2D eigenvalue weighted by Gasteiger charge is 2.09. The van der Waals surface area contributed by atoms with E-state index in [4.69, 9.17) is 4.74 Å². The van der Waals surface area contributed by atoms with Crippen molar-refractivity contribution in [1.29, 1.82) is 0 Å². The summed E-state index contributed by atoms with van der Waals surface area (Å²) in [4.78, 5) is 5.17. The van der Waals surface area contributed by atoms with E-state index >= 15 is 0 Å². The number of hydrogen-bond donors (Lipinski definition) is 2. The predicted octanol–water partition coefficient (Wildman–Crippen LogP) is 0.801. The number of nitrogens with one attached hydrogen (secondary N) is 1. The molecule has 2 N–H and O–H groups in total. The molecule has 0 spiro atoms. The molecule has 1 heterocycles. The highest BCUT2D eigenvalue weighted by atomic mass is 32.1. The molecule has 0 aromatic carbocycles. The SMILES string of the molecule is COCC(O)CNC(C)c1cncs1. The van der Waals surface area contributed by atoms with Gasteiger partial charge in [0.25, 0.3) is 0 Å². The lowest BCUT2D eigenvalue weighted by molar-refractivity contribution is 0.0631. The average molecular weight is 216 g/mol. The summed E-state index contributed by atoms with van der Waals surface area (Å²) in [5, 5.41) is 12.6. The van der Waals surface area contributed by atoms with Crippen LogP contribution in [0.25, 0.3) is 0 Å². The van der Waals surface area contributed by atoms with Crippen LogP contribution in [0.5, 0.6) is 0 Å². The summed E-state index contributed by atoms with van der Waals surface area (Å²) >= 11 is 1.61. The van der Waals surface area contributed by atoms with Gasteiger partial charge in [0.1, 0.15) is 0 Å². The van der Waals surface area contributed by atoms with Gasteiger partial charge >= 0.3 is 0 Å². The van der Waals surface area contributed by atoms with Crippen LogP contribution in [-0.4, -0.2) is 36.5 Å². The topological polar surface area (TPSA) is 54.4 Å². The number of aliphatic hydroxyl groups is 1. The van der Waals surface area contributed by atoms with Gasteiger partial charge in [-0.05, 0) is 6.92 Å². The maximum absolute atomic E-state index is 9.40. The summed E-state index contributed by atoms with van der Waals surface area (Å²) in [6.45, 7) is 2.95. The van der Waals surface area contributed by atoms with E-state index in [-0.39, 0.29) is 6.04 Å². The molecule has 0 saturated carbocycles. The molecule has 0 radical (unpaired) electrons. The molecular weight excluding hydrogens is 200 g/mol. The van der Waals surface area contributed by atoms with Crippen molar-refractivity contribution in [3.05, 3.63) is 16.6 Å². The van der Waals surface area contributed by atoms with Crippen LogP contribution in [0.4, 0.5) is 0 Å². The minimum absolute atomic E-state index is 0.231. The van der Waals surface area contributed by atoms with Crippen LogP contribution < -0.4 is 5.32 Å². The number of hydrogen-bond acceptors (Lipinski definition) is 5. The number of thiazole rings is 1. The molecule has 2 atom stereocenters. The molecule has 1 aromatic rings. The lowest BCUT2D eigenvalue weighted by Gasteiger charge is -2.15. The second-order valence-electron chi connectivity index (χ2n) is 3.14. The fourth-order valence-electron chi connectivity index (χ4n) is 1.10. The third kappa shape index (κ3) is 3.71. The quantitative estimate of drug-likeness (QED) is 0.738. The predicted molar refractivity (Wildman–Crippen MR) is 56.4 cm³/mol. The normalized spacial score (nSPS) is 15.4. The van der Waals surface area contributed by atoms with E-state index in [9.17, 15) is 5.11 Å². The first-order valence-electron chi connectivity index (χ1n) is 4.52. The van der Waals surface area contributed by atoms with Crippen LogP contribution in [0.3, 0.4) is 0 Å². The summed E-state index contributed by atoms with van der Waals surface area (Å²) in [5.41, 5.74) is 1.80. The van der Waals surface area contributed by atoms with Gasteiger partial charge in [0, 0.05) is 30.8 Å². The Hall–Kier alpha value is -0.490. The first-order valence-corrected chi connectivity index (χ1v) is 5.40. The summed E-state index contributed by atoms with van der Waals surface area (Å²) in [7, 11) is 1.58. The van der Waals surface area contributed by atoms with Crippen LogP contribution >= 0.6 is 11.3 Å². The molecule has 1 rings (SSSR count). The first kappa shape index (κ1) is 11.6. The van der Waals surface area contributed by atoms with Crippen molar-refractivity contribution in [1.82, 2.24) is 10.3 Å². The van der Waals surface area contributed by atoms with Crippen molar-refractivity contribution in [2.75, 3.05) is 20.3 Å². The minimum Gasteiger partial charge on any atom is -0.389 e. The van der Waals surface area contributed by atoms with Gasteiger partial charge in [-0.3, -0.25) is 4.98 Å². The van der Waals surface area contributed by atoms with Gasteiger partial charge < -0.3 is 15.2 Å². The van der Waals surface area contributed by atoms with Gasteiger partial charge in [0.2, 0.25) is 0 Å². The Morgan fingerprint density at radius 1 is 1.71 bits per heavy atom. The van der Waals surface area contributed by atoms with Gasteiger partial charge in [-0.15, -0.1) is 11.3 Å². The second kappa shape index (κ2) is 6.08. The van der Waals surface area contributed by atoms with Crippen LogP contribution in [0.2, 0.25) is 0 Å². The van der Waals surface area contributed by atoms with Crippen molar-refractivity contribution < 1.29 is 9.84 Å². The van der Waals surface area contributed by atoms with Crippen molar-refractivity contribution in [2.45, 2.75) is 19.1 Å². The van der Waals surface area contributed by atoms with E-state index in [0.717, 1.165) is 0 Å². The third-order valence-corrected chi connectivity index (χ3v) is 2.86. The monoisotopic (exact) mass is 216 g/mol. The lowest BCUT2D eigenvalue weighted by Crippen LogP contribution is -2.31. The van der Waals surface area contributed by atoms with E-state index in [2.05, 4.69) is 10.3 Å². The van der Waals surface area contributed by atoms with Crippen molar-refractivity contribution in [2.24, 2.45) is 0 Å². The van der Waals surface area contributed by atoms with E-state index in [0.29, 0.717) is 13.2 Å². The molecule has 0 fully saturated rings. The Balaban J connectivity index is 2.24. The minimum atomic E-state index is -0.449. The van der Waals surface area contributed by atoms with Crippen LogP contribution in [-0.2, 0) is 4.74 Å². The maximum atomic E-state index is 9.40. The summed E-state index contributed by atoms with van der Waals surface area (Å²) in [5.74, 6) is 0. The smallest absolute Gasteiger partial charge is 0.0897 e. The maximum Gasteiger partial charge on any atom is 0.0897 e. The van der Waals surface area contributed by atoms with Gasteiger partial charge in [0.05, 0.1) is 18.2 Å². The molecule has 0 aliphatic rings. The standard InChI is InChI=1S/C9H16N2O2S/c1-7(9-4-10-6-14-9)11-3-8(12)5-13-2/h4,6-8,11-12H,3,5H2,1-2H3. The van der Waals surface area contributed by atoms with Crippen molar-refractivity contribution in [3.8, 4) is 0 Å². The Morgan fingerprint density at radius 2 is 2.50 bits per heavy atom. The average Bonchev–Trinajstić information content (AvgIpc) is 2.67. The molecule has 0 aliphatic heterocycles. The Bertz CT molecular complexity index is 241. The molecule has 80 valence electrons. The second-order valence-corrected chi connectivity index (χ2v) is 4.06. The largest absolute Gasteiger partial charge is 0.389 e. The fraction of sp³-hybridized carbons (Fsp3) is 0.667. The van der Waals surface area contributed by atoms with Crippen LogP contribution in [0.1, 0.15) is 17.8 Å². The van der Waals surface area contributed by atoms with Gasteiger partial charge in [-0.1, -0.05) is 0 Å². The molecule has 2 unspecified atom stereocenters. The Labute approximate surface area is 87.9 Å². The molecule has 4 nitrogen and oxygen atoms in total. The van der Waals surface area contributed by atoms with Gasteiger partial charge in [-0.2, -0.15) is 0 Å². The number of aromatic nitrogens is 1. The lowest BCUT2D eigenvalue weighted by atomic mass is 10.3. The molecule has 0 bridgehead atoms. The zero-order valence-electron chi connectivity index (χ0n) is 8.43. The zero-order valence-corrected chi connectivity index (χ0v) is 9.25. The summed E-state index contributed by atoms with van der Waals surface area (Å²) in [6, 6.07) is 0.231. The summed E-state index contributed by atoms with van der Waals surface area (Å²) in [6.07, 6.45) is 1.39. The third-order valence-electron chi connectivity index (χ3n) is 1.90. The number of rotatable bonds is 6. The van der Waals surface area contributed by atoms with Crippen molar-refractivity contribution in [3.63, 3.8) is 0 Å². The molecule has 0 aliphatic carbocycles. The number of aliphatic hydroxyl groups excluding tert-OH is 1. The fourth-order valence-corrected chi connectivity index (χ4v) is 1.76. The van der Waals surface area contributed by atoms with E-state index in [1.807, 2.05) is 13.1 Å². The Kier molecular flexibility index (Phi) is 5.03. The van der Waals surface area contributed by atoms with Gasteiger partial charge in [-0.25, -0.2) is 0 Å². The molecule has 5 heteroatoms.